The first-order chi connectivity index (χ1) is 16.0. The molecule has 0 saturated heterocycles. The Hall–Kier alpha value is -4.20. The van der Waals surface area contributed by atoms with Gasteiger partial charge in [0.1, 0.15) is 18.2 Å². The Labute approximate surface area is 190 Å². The number of furan rings is 1. The minimum Gasteiger partial charge on any atom is -0.459 e. The Morgan fingerprint density at radius 3 is 2.48 bits per heavy atom. The van der Waals surface area contributed by atoms with Crippen LogP contribution in [0.2, 0.25) is 0 Å². The fourth-order valence-electron chi connectivity index (χ4n) is 3.43. The number of aromatic nitrogens is 2. The van der Waals surface area contributed by atoms with Crippen LogP contribution >= 0.6 is 0 Å². The molecule has 0 spiro atoms. The van der Waals surface area contributed by atoms with Crippen LogP contribution in [0, 0.1) is 5.82 Å². The summed E-state index contributed by atoms with van der Waals surface area (Å²) >= 11 is 0. The summed E-state index contributed by atoms with van der Waals surface area (Å²) in [6, 6.07) is 20.3. The molecule has 33 heavy (non-hydrogen) atoms. The molecule has 1 N–H and O–H groups in total. The SMILES string of the molecule is CCCN(CC(=O)Nc1cc(-c2ccccc2)nn1-c1ccc(F)cc1)C(=O)c1ccco1. The van der Waals surface area contributed by atoms with Crippen molar-refractivity contribution in [3.8, 4) is 16.9 Å². The maximum absolute atomic E-state index is 13.4. The van der Waals surface area contributed by atoms with Gasteiger partial charge in [0.05, 0.1) is 17.6 Å². The second kappa shape index (κ2) is 9.95. The van der Waals surface area contributed by atoms with Crippen molar-refractivity contribution in [3.05, 3.63) is 90.6 Å². The molecule has 0 saturated carbocycles. The summed E-state index contributed by atoms with van der Waals surface area (Å²) in [4.78, 5) is 27.0. The van der Waals surface area contributed by atoms with Gasteiger partial charge in [0.15, 0.2) is 5.76 Å². The zero-order valence-electron chi connectivity index (χ0n) is 18.1. The standard InChI is InChI=1S/C25H23FN4O3/c1-2-14-29(25(32)22-9-6-15-33-22)17-24(31)27-23-16-21(18-7-4-3-5-8-18)28-30(23)20-12-10-19(26)11-13-20/h3-13,15-16H,2,14,17H2,1H3,(H,27,31). The Bertz CT molecular complexity index is 1220. The van der Waals surface area contributed by atoms with E-state index in [9.17, 15) is 14.0 Å². The molecule has 8 heteroatoms. The summed E-state index contributed by atoms with van der Waals surface area (Å²) in [7, 11) is 0. The number of hydrogen-bond donors (Lipinski definition) is 1. The highest BCUT2D eigenvalue weighted by atomic mass is 19.1. The number of carbonyl (C=O) groups excluding carboxylic acids is 2. The third kappa shape index (κ3) is 5.17. The second-order valence-electron chi connectivity index (χ2n) is 7.42. The van der Waals surface area contributed by atoms with Gasteiger partial charge in [-0.2, -0.15) is 5.10 Å². The van der Waals surface area contributed by atoms with E-state index in [-0.39, 0.29) is 29.9 Å². The van der Waals surface area contributed by atoms with Crippen molar-refractivity contribution in [2.45, 2.75) is 13.3 Å². The van der Waals surface area contributed by atoms with E-state index in [1.165, 1.54) is 28.0 Å². The largest absolute Gasteiger partial charge is 0.459 e. The molecule has 4 aromatic rings. The van der Waals surface area contributed by atoms with Gasteiger partial charge < -0.3 is 14.6 Å². The Morgan fingerprint density at radius 1 is 1.06 bits per heavy atom. The molecule has 2 aromatic carbocycles. The van der Waals surface area contributed by atoms with Gasteiger partial charge in [-0.1, -0.05) is 37.3 Å². The average Bonchev–Trinajstić information content (AvgIpc) is 3.50. The van der Waals surface area contributed by atoms with Crippen LogP contribution in [0.3, 0.4) is 0 Å². The summed E-state index contributed by atoms with van der Waals surface area (Å²) in [5.74, 6) is -0.516. The molecule has 0 atom stereocenters. The van der Waals surface area contributed by atoms with Gasteiger partial charge in [-0.15, -0.1) is 0 Å². The molecule has 4 rings (SSSR count). The van der Waals surface area contributed by atoms with Gasteiger partial charge in [0, 0.05) is 18.2 Å². The van der Waals surface area contributed by atoms with Gasteiger partial charge in [-0.3, -0.25) is 9.59 Å². The lowest BCUT2D eigenvalue weighted by Crippen LogP contribution is -2.38. The number of carbonyl (C=O) groups is 2. The molecule has 7 nitrogen and oxygen atoms in total. The summed E-state index contributed by atoms with van der Waals surface area (Å²) in [6.07, 6.45) is 2.11. The number of anilines is 1. The number of amides is 2. The molecular weight excluding hydrogens is 423 g/mol. The molecule has 0 aliphatic rings. The van der Waals surface area contributed by atoms with Crippen LogP contribution in [0.5, 0.6) is 0 Å². The zero-order valence-corrected chi connectivity index (χ0v) is 18.1. The lowest BCUT2D eigenvalue weighted by atomic mass is 10.1. The van der Waals surface area contributed by atoms with Crippen LogP contribution < -0.4 is 5.32 Å². The van der Waals surface area contributed by atoms with Crippen molar-refractivity contribution in [2.75, 3.05) is 18.4 Å². The number of nitrogens with zero attached hydrogens (tertiary/aromatic N) is 3. The summed E-state index contributed by atoms with van der Waals surface area (Å²) in [5.41, 5.74) is 2.10. The normalized spacial score (nSPS) is 10.7. The van der Waals surface area contributed by atoms with Gasteiger partial charge in [-0.25, -0.2) is 9.07 Å². The van der Waals surface area contributed by atoms with Crippen LogP contribution in [0.1, 0.15) is 23.9 Å². The van der Waals surface area contributed by atoms with Crippen molar-refractivity contribution in [3.63, 3.8) is 0 Å². The fraction of sp³-hybridized carbons (Fsp3) is 0.160. The van der Waals surface area contributed by atoms with Gasteiger partial charge in [-0.05, 0) is 42.8 Å². The van der Waals surface area contributed by atoms with E-state index in [4.69, 9.17) is 4.42 Å². The number of benzene rings is 2. The third-order valence-corrected chi connectivity index (χ3v) is 4.96. The Morgan fingerprint density at radius 2 is 1.82 bits per heavy atom. The van der Waals surface area contributed by atoms with Crippen molar-refractivity contribution in [1.29, 1.82) is 0 Å². The molecule has 0 radical (unpaired) electrons. The molecule has 168 valence electrons. The van der Waals surface area contributed by atoms with Crippen LogP contribution in [-0.2, 0) is 4.79 Å². The fourth-order valence-corrected chi connectivity index (χ4v) is 3.43. The van der Waals surface area contributed by atoms with Gasteiger partial charge in [0.25, 0.3) is 5.91 Å². The summed E-state index contributed by atoms with van der Waals surface area (Å²) < 4.78 is 20.2. The Kier molecular flexibility index (Phi) is 6.64. The Balaban J connectivity index is 1.60. The first-order valence-corrected chi connectivity index (χ1v) is 10.6. The van der Waals surface area contributed by atoms with Crippen molar-refractivity contribution < 1.29 is 18.4 Å². The second-order valence-corrected chi connectivity index (χ2v) is 7.42. The first kappa shape index (κ1) is 22.0. The maximum Gasteiger partial charge on any atom is 0.290 e. The topological polar surface area (TPSA) is 80.4 Å². The van der Waals surface area contributed by atoms with E-state index in [1.807, 2.05) is 37.3 Å². The number of rotatable bonds is 8. The summed E-state index contributed by atoms with van der Waals surface area (Å²) in [6.45, 7) is 2.18. The van der Waals surface area contributed by atoms with E-state index in [1.54, 1.807) is 30.3 Å². The number of halogens is 1. The van der Waals surface area contributed by atoms with E-state index in [2.05, 4.69) is 10.4 Å². The molecule has 0 fully saturated rings. The molecule has 0 bridgehead atoms. The third-order valence-electron chi connectivity index (χ3n) is 4.96. The lowest BCUT2D eigenvalue weighted by molar-refractivity contribution is -0.117. The molecule has 2 heterocycles. The molecule has 0 aliphatic carbocycles. The first-order valence-electron chi connectivity index (χ1n) is 10.6. The van der Waals surface area contributed by atoms with Crippen LogP contribution in [-0.4, -0.2) is 39.6 Å². The molecule has 0 aliphatic heterocycles. The van der Waals surface area contributed by atoms with E-state index in [0.29, 0.717) is 30.2 Å². The smallest absolute Gasteiger partial charge is 0.290 e. The van der Waals surface area contributed by atoms with Gasteiger partial charge >= 0.3 is 0 Å². The highest BCUT2D eigenvalue weighted by Gasteiger charge is 2.21. The highest BCUT2D eigenvalue weighted by Crippen LogP contribution is 2.25. The van der Waals surface area contributed by atoms with Crippen molar-refractivity contribution >= 4 is 17.6 Å². The lowest BCUT2D eigenvalue weighted by Gasteiger charge is -2.20. The van der Waals surface area contributed by atoms with E-state index >= 15 is 0 Å². The highest BCUT2D eigenvalue weighted by molar-refractivity contribution is 5.98. The van der Waals surface area contributed by atoms with Crippen molar-refractivity contribution in [2.24, 2.45) is 0 Å². The molecule has 0 unspecified atom stereocenters. The van der Waals surface area contributed by atoms with Gasteiger partial charge in [0.2, 0.25) is 5.91 Å². The predicted molar refractivity (Wildman–Crippen MR) is 122 cm³/mol. The molecule has 2 amide bonds. The van der Waals surface area contributed by atoms with E-state index < -0.39 is 0 Å². The molecule has 2 aromatic heterocycles. The maximum atomic E-state index is 13.4. The average molecular weight is 446 g/mol. The van der Waals surface area contributed by atoms with Crippen LogP contribution in [0.15, 0.2) is 83.5 Å². The minimum absolute atomic E-state index is 0.150. The number of hydrogen-bond acceptors (Lipinski definition) is 4. The van der Waals surface area contributed by atoms with Crippen LogP contribution in [0.4, 0.5) is 10.2 Å². The van der Waals surface area contributed by atoms with Crippen molar-refractivity contribution in [1.82, 2.24) is 14.7 Å². The predicted octanol–water partition coefficient (Wildman–Crippen LogP) is 4.76. The number of nitrogens with one attached hydrogen (secondary N) is 1. The zero-order chi connectivity index (χ0) is 23.2. The summed E-state index contributed by atoms with van der Waals surface area (Å²) in [5, 5.41) is 7.45. The monoisotopic (exact) mass is 446 g/mol. The minimum atomic E-state index is -0.383. The quantitative estimate of drug-likeness (QED) is 0.423. The van der Waals surface area contributed by atoms with Crippen LogP contribution in [0.25, 0.3) is 16.9 Å². The van der Waals surface area contributed by atoms with E-state index in [0.717, 1.165) is 5.56 Å². The molecular formula is C25H23FN4O3.